The van der Waals surface area contributed by atoms with Gasteiger partial charge in [0, 0.05) is 5.56 Å². The highest BCUT2D eigenvalue weighted by Crippen LogP contribution is 2.66. The molecule has 0 radical (unpaired) electrons. The molecule has 1 aliphatic heterocycles. The van der Waals surface area contributed by atoms with E-state index in [1.165, 1.54) is 0 Å². The summed E-state index contributed by atoms with van der Waals surface area (Å²) in [5.41, 5.74) is 1.78. The van der Waals surface area contributed by atoms with E-state index in [0.717, 1.165) is 16.7 Å². The number of epoxide rings is 1. The molecule has 0 amide bonds. The first-order valence-electron chi connectivity index (χ1n) is 7.78. The molecule has 1 N–H and O–H groups in total. The lowest BCUT2D eigenvalue weighted by Crippen LogP contribution is -2.21. The van der Waals surface area contributed by atoms with E-state index in [2.05, 4.69) is 31.2 Å². The number of phenolic OH excluding ortho intramolecular Hbond substituents is 1. The molecule has 3 aromatic carbocycles. The van der Waals surface area contributed by atoms with E-state index < -0.39 is 11.2 Å². The molecular formula is C21H18O2. The van der Waals surface area contributed by atoms with Crippen LogP contribution in [0.2, 0.25) is 0 Å². The van der Waals surface area contributed by atoms with Gasteiger partial charge in [0.05, 0.1) is 0 Å². The van der Waals surface area contributed by atoms with Crippen LogP contribution in [0.3, 0.4) is 0 Å². The third-order valence-corrected chi connectivity index (χ3v) is 4.78. The van der Waals surface area contributed by atoms with Crippen molar-refractivity contribution in [2.45, 2.75) is 18.1 Å². The van der Waals surface area contributed by atoms with Gasteiger partial charge in [-0.3, -0.25) is 0 Å². The molecule has 0 saturated carbocycles. The minimum atomic E-state index is -0.666. The van der Waals surface area contributed by atoms with Gasteiger partial charge in [-0.25, -0.2) is 0 Å². The van der Waals surface area contributed by atoms with Gasteiger partial charge in [0.1, 0.15) is 11.4 Å². The molecule has 1 fully saturated rings. The minimum absolute atomic E-state index is 0.260. The highest BCUT2D eigenvalue weighted by Gasteiger charge is 2.70. The topological polar surface area (TPSA) is 32.8 Å². The Hall–Kier alpha value is -2.58. The standard InChI is InChI=1S/C21H18O2/c1-20(16-10-4-2-5-11-16)21(23-20,17-12-6-3-7-13-17)18-14-8-9-15-19(18)22/h2-15,22H,1H3. The predicted molar refractivity (Wildman–Crippen MR) is 90.2 cm³/mol. The molecule has 2 nitrogen and oxygen atoms in total. The fourth-order valence-electron chi connectivity index (χ4n) is 3.55. The average molecular weight is 302 g/mol. The van der Waals surface area contributed by atoms with Crippen LogP contribution in [0.5, 0.6) is 5.75 Å². The van der Waals surface area contributed by atoms with Crippen molar-refractivity contribution in [2.75, 3.05) is 0 Å². The van der Waals surface area contributed by atoms with Gasteiger partial charge in [0.15, 0.2) is 5.60 Å². The molecule has 1 heterocycles. The number of benzene rings is 3. The van der Waals surface area contributed by atoms with Gasteiger partial charge >= 0.3 is 0 Å². The zero-order valence-corrected chi connectivity index (χ0v) is 12.9. The van der Waals surface area contributed by atoms with Crippen LogP contribution in [0.4, 0.5) is 0 Å². The Bertz CT molecular complexity index is 829. The number of hydrogen-bond donors (Lipinski definition) is 1. The highest BCUT2D eigenvalue weighted by molar-refractivity contribution is 5.54. The molecular weight excluding hydrogens is 284 g/mol. The Morgan fingerprint density at radius 3 is 1.83 bits per heavy atom. The summed E-state index contributed by atoms with van der Waals surface area (Å²) in [4.78, 5) is 0. The van der Waals surface area contributed by atoms with E-state index in [9.17, 15) is 5.11 Å². The second kappa shape index (κ2) is 4.97. The Balaban J connectivity index is 1.94. The normalized spacial score (nSPS) is 26.0. The SMILES string of the molecule is CC1(c2ccccc2)OC1(c1ccccc1)c1ccccc1O. The lowest BCUT2D eigenvalue weighted by atomic mass is 9.78. The summed E-state index contributed by atoms with van der Waals surface area (Å²) in [6, 6.07) is 27.7. The number of para-hydroxylation sites is 1. The first-order valence-corrected chi connectivity index (χ1v) is 7.78. The van der Waals surface area contributed by atoms with Gasteiger partial charge in [-0.15, -0.1) is 0 Å². The van der Waals surface area contributed by atoms with Crippen molar-refractivity contribution in [1.82, 2.24) is 0 Å². The van der Waals surface area contributed by atoms with Gasteiger partial charge in [-0.05, 0) is 24.1 Å². The van der Waals surface area contributed by atoms with Crippen molar-refractivity contribution in [3.05, 3.63) is 102 Å². The van der Waals surface area contributed by atoms with Gasteiger partial charge < -0.3 is 9.84 Å². The zero-order chi connectivity index (χ0) is 15.9. The number of ether oxygens (including phenoxy) is 1. The number of aromatic hydroxyl groups is 1. The van der Waals surface area contributed by atoms with Gasteiger partial charge in [-0.2, -0.15) is 0 Å². The summed E-state index contributed by atoms with van der Waals surface area (Å²) in [7, 11) is 0. The summed E-state index contributed by atoms with van der Waals surface area (Å²) in [5, 5.41) is 10.4. The lowest BCUT2D eigenvalue weighted by molar-refractivity contribution is 0.286. The maximum Gasteiger partial charge on any atom is 0.156 e. The molecule has 0 aliphatic carbocycles. The van der Waals surface area contributed by atoms with E-state index in [1.807, 2.05) is 54.6 Å². The lowest BCUT2D eigenvalue weighted by Gasteiger charge is -2.20. The fourth-order valence-corrected chi connectivity index (χ4v) is 3.55. The summed E-state index contributed by atoms with van der Waals surface area (Å²) in [6.07, 6.45) is 0. The van der Waals surface area contributed by atoms with Gasteiger partial charge in [0.25, 0.3) is 0 Å². The van der Waals surface area contributed by atoms with Crippen LogP contribution < -0.4 is 0 Å². The van der Waals surface area contributed by atoms with Crippen LogP contribution in [0.25, 0.3) is 0 Å². The smallest absolute Gasteiger partial charge is 0.156 e. The molecule has 2 unspecified atom stereocenters. The molecule has 4 rings (SSSR count). The molecule has 1 saturated heterocycles. The van der Waals surface area contributed by atoms with Crippen LogP contribution in [-0.2, 0) is 15.9 Å². The van der Waals surface area contributed by atoms with E-state index in [1.54, 1.807) is 6.07 Å². The zero-order valence-electron chi connectivity index (χ0n) is 12.9. The maximum absolute atomic E-state index is 10.4. The Morgan fingerprint density at radius 2 is 1.22 bits per heavy atom. The molecule has 0 spiro atoms. The molecule has 2 heteroatoms. The van der Waals surface area contributed by atoms with Crippen LogP contribution >= 0.6 is 0 Å². The predicted octanol–water partition coefficient (Wildman–Crippen LogP) is 4.58. The number of phenols is 1. The molecule has 114 valence electrons. The first-order chi connectivity index (χ1) is 11.2. The number of rotatable bonds is 3. The fraction of sp³-hybridized carbons (Fsp3) is 0.143. The molecule has 0 aromatic heterocycles. The van der Waals surface area contributed by atoms with Crippen LogP contribution in [0.1, 0.15) is 23.6 Å². The molecule has 0 bridgehead atoms. The van der Waals surface area contributed by atoms with Crippen molar-refractivity contribution >= 4 is 0 Å². The van der Waals surface area contributed by atoms with Crippen molar-refractivity contribution < 1.29 is 9.84 Å². The van der Waals surface area contributed by atoms with E-state index in [-0.39, 0.29) is 5.75 Å². The quantitative estimate of drug-likeness (QED) is 0.718. The van der Waals surface area contributed by atoms with Crippen LogP contribution in [0.15, 0.2) is 84.9 Å². The second-order valence-corrected chi connectivity index (χ2v) is 6.07. The number of hydrogen-bond acceptors (Lipinski definition) is 2. The van der Waals surface area contributed by atoms with E-state index >= 15 is 0 Å². The Labute approximate surface area is 136 Å². The summed E-state index contributed by atoms with van der Waals surface area (Å²) in [6.45, 7) is 2.09. The third-order valence-electron chi connectivity index (χ3n) is 4.78. The summed E-state index contributed by atoms with van der Waals surface area (Å²) >= 11 is 0. The third kappa shape index (κ3) is 1.92. The Kier molecular flexibility index (Phi) is 3.03. The molecule has 2 atom stereocenters. The van der Waals surface area contributed by atoms with Crippen molar-refractivity contribution in [1.29, 1.82) is 0 Å². The van der Waals surface area contributed by atoms with Crippen LogP contribution in [-0.4, -0.2) is 5.11 Å². The molecule has 3 aromatic rings. The van der Waals surface area contributed by atoms with Crippen molar-refractivity contribution in [3.63, 3.8) is 0 Å². The minimum Gasteiger partial charge on any atom is -0.508 e. The Morgan fingerprint density at radius 1 is 0.696 bits per heavy atom. The summed E-state index contributed by atoms with van der Waals surface area (Å²) < 4.78 is 6.37. The van der Waals surface area contributed by atoms with Crippen molar-refractivity contribution in [3.8, 4) is 5.75 Å². The largest absolute Gasteiger partial charge is 0.508 e. The second-order valence-electron chi connectivity index (χ2n) is 6.07. The van der Waals surface area contributed by atoms with Gasteiger partial charge in [-0.1, -0.05) is 78.9 Å². The maximum atomic E-state index is 10.4. The van der Waals surface area contributed by atoms with Gasteiger partial charge in [0.2, 0.25) is 0 Å². The molecule has 23 heavy (non-hydrogen) atoms. The van der Waals surface area contributed by atoms with Crippen LogP contribution in [0, 0.1) is 0 Å². The van der Waals surface area contributed by atoms with E-state index in [4.69, 9.17) is 4.74 Å². The van der Waals surface area contributed by atoms with Crippen molar-refractivity contribution in [2.24, 2.45) is 0 Å². The summed E-state index contributed by atoms with van der Waals surface area (Å²) in [5.74, 6) is 0.260. The molecule has 1 aliphatic rings. The average Bonchev–Trinajstić information content (AvgIpc) is 3.25. The monoisotopic (exact) mass is 302 g/mol. The first kappa shape index (κ1) is 14.0. The highest BCUT2D eigenvalue weighted by atomic mass is 16.6. The van der Waals surface area contributed by atoms with E-state index in [0.29, 0.717) is 0 Å².